The molecule has 2 aromatic heterocycles. The Balaban J connectivity index is 2.96. The lowest BCUT2D eigenvalue weighted by Crippen LogP contribution is -2.06. The van der Waals surface area contributed by atoms with E-state index in [2.05, 4.69) is 20.9 Å². The molecule has 0 aliphatic rings. The molecule has 2 heterocycles. The predicted octanol–water partition coefficient (Wildman–Crippen LogP) is 2.41. The van der Waals surface area contributed by atoms with Gasteiger partial charge >= 0.3 is 5.97 Å². The van der Waals surface area contributed by atoms with Crippen LogP contribution in [0.3, 0.4) is 0 Å². The Morgan fingerprint density at radius 1 is 1.47 bits per heavy atom. The lowest BCUT2D eigenvalue weighted by atomic mass is 10.3. The second-order valence-corrected chi connectivity index (χ2v) is 4.17. The molecule has 0 radical (unpaired) electrons. The zero-order chi connectivity index (χ0) is 11.2. The highest BCUT2D eigenvalue weighted by atomic mass is 79.9. The first-order valence-corrected chi connectivity index (χ1v) is 5.19. The highest BCUT2D eigenvalue weighted by Gasteiger charge is 2.17. The maximum atomic E-state index is 11.1. The number of pyridine rings is 1. The van der Waals surface area contributed by atoms with Crippen molar-refractivity contribution in [2.24, 2.45) is 0 Å². The first kappa shape index (κ1) is 10.2. The quantitative estimate of drug-likeness (QED) is 0.864. The van der Waals surface area contributed by atoms with E-state index in [0.717, 1.165) is 10.2 Å². The summed E-state index contributed by atoms with van der Waals surface area (Å²) >= 11 is 3.37. The molecule has 15 heavy (non-hydrogen) atoms. The fourth-order valence-corrected chi connectivity index (χ4v) is 1.94. The van der Waals surface area contributed by atoms with E-state index in [9.17, 15) is 4.79 Å². The molecule has 2 aromatic rings. The fourth-order valence-electron chi connectivity index (χ4n) is 1.63. The highest BCUT2D eigenvalue weighted by Crippen LogP contribution is 2.21. The Bertz CT molecular complexity index is 560. The molecule has 0 saturated heterocycles. The van der Waals surface area contributed by atoms with E-state index in [1.165, 1.54) is 0 Å². The second-order valence-electron chi connectivity index (χ2n) is 3.31. The summed E-state index contributed by atoms with van der Waals surface area (Å²) in [4.78, 5) is 15.3. The van der Waals surface area contributed by atoms with Crippen LogP contribution in [0, 0.1) is 13.8 Å². The predicted molar refractivity (Wildman–Crippen MR) is 59.3 cm³/mol. The van der Waals surface area contributed by atoms with E-state index in [-0.39, 0.29) is 5.69 Å². The molecule has 5 heteroatoms. The van der Waals surface area contributed by atoms with Crippen LogP contribution in [0.5, 0.6) is 0 Å². The van der Waals surface area contributed by atoms with Crippen molar-refractivity contribution in [2.75, 3.05) is 0 Å². The summed E-state index contributed by atoms with van der Waals surface area (Å²) in [6, 6.07) is 3.65. The van der Waals surface area contributed by atoms with E-state index >= 15 is 0 Å². The molecule has 0 spiro atoms. The van der Waals surface area contributed by atoms with Gasteiger partial charge in [0, 0.05) is 10.2 Å². The summed E-state index contributed by atoms with van der Waals surface area (Å²) in [5, 5.41) is 9.09. The van der Waals surface area contributed by atoms with Crippen LogP contribution in [0.2, 0.25) is 0 Å². The number of carbonyl (C=O) groups is 1. The topological polar surface area (TPSA) is 54.6 Å². The van der Waals surface area contributed by atoms with Gasteiger partial charge in [0.05, 0.1) is 5.69 Å². The molecule has 2 rings (SSSR count). The van der Waals surface area contributed by atoms with Crippen molar-refractivity contribution in [1.82, 2.24) is 9.38 Å². The molecular formula is C10H9BrN2O2. The molecule has 78 valence electrons. The van der Waals surface area contributed by atoms with E-state index < -0.39 is 5.97 Å². The lowest BCUT2D eigenvalue weighted by molar-refractivity contribution is 0.0688. The summed E-state index contributed by atoms with van der Waals surface area (Å²) in [7, 11) is 0. The Labute approximate surface area is 94.7 Å². The summed E-state index contributed by atoms with van der Waals surface area (Å²) in [5.41, 5.74) is 2.25. The minimum absolute atomic E-state index is 0.226. The van der Waals surface area contributed by atoms with Crippen molar-refractivity contribution in [3.8, 4) is 0 Å². The average Bonchev–Trinajstić information content (AvgIpc) is 2.49. The number of carboxylic acids is 1. The third-order valence-electron chi connectivity index (χ3n) is 2.34. The van der Waals surface area contributed by atoms with Gasteiger partial charge in [0.2, 0.25) is 0 Å². The number of carboxylic acid groups (broad SMARTS) is 1. The molecule has 0 saturated carbocycles. The molecule has 1 N–H and O–H groups in total. The second kappa shape index (κ2) is 3.34. The van der Waals surface area contributed by atoms with E-state index in [1.807, 2.05) is 13.0 Å². The Kier molecular flexibility index (Phi) is 2.26. The number of imidazole rings is 1. The van der Waals surface area contributed by atoms with Crippen LogP contribution in [0.4, 0.5) is 0 Å². The van der Waals surface area contributed by atoms with Crippen LogP contribution < -0.4 is 0 Å². The Morgan fingerprint density at radius 2 is 2.13 bits per heavy atom. The molecule has 0 aliphatic carbocycles. The molecule has 0 aromatic carbocycles. The molecule has 4 nitrogen and oxygen atoms in total. The van der Waals surface area contributed by atoms with Gasteiger partial charge in [0.1, 0.15) is 5.65 Å². The van der Waals surface area contributed by atoms with Crippen LogP contribution in [-0.2, 0) is 0 Å². The van der Waals surface area contributed by atoms with Crippen molar-refractivity contribution in [3.05, 3.63) is 33.7 Å². The van der Waals surface area contributed by atoms with Gasteiger partial charge in [-0.2, -0.15) is 0 Å². The normalized spacial score (nSPS) is 10.9. The van der Waals surface area contributed by atoms with Crippen molar-refractivity contribution in [2.45, 2.75) is 13.8 Å². The van der Waals surface area contributed by atoms with Gasteiger partial charge in [0.25, 0.3) is 0 Å². The lowest BCUT2D eigenvalue weighted by Gasteiger charge is -2.04. The molecule has 0 aliphatic heterocycles. The maximum absolute atomic E-state index is 11.1. The molecule has 0 fully saturated rings. The van der Waals surface area contributed by atoms with E-state index in [0.29, 0.717) is 11.3 Å². The summed E-state index contributed by atoms with van der Waals surface area (Å²) < 4.78 is 2.51. The number of hydrogen-bond donors (Lipinski definition) is 1. The van der Waals surface area contributed by atoms with Crippen LogP contribution >= 0.6 is 15.9 Å². The van der Waals surface area contributed by atoms with Crippen LogP contribution in [0.1, 0.15) is 21.9 Å². The number of aromatic nitrogens is 2. The van der Waals surface area contributed by atoms with Crippen molar-refractivity contribution >= 4 is 27.5 Å². The van der Waals surface area contributed by atoms with Gasteiger partial charge in [-0.3, -0.25) is 4.40 Å². The number of aryl methyl sites for hydroxylation is 2. The zero-order valence-electron chi connectivity index (χ0n) is 8.28. The zero-order valence-corrected chi connectivity index (χ0v) is 9.87. The number of nitrogens with zero attached hydrogens (tertiary/aromatic N) is 2. The molecule has 0 bridgehead atoms. The fraction of sp³-hybridized carbons (Fsp3) is 0.200. The highest BCUT2D eigenvalue weighted by molar-refractivity contribution is 9.10. The first-order valence-electron chi connectivity index (χ1n) is 4.40. The van der Waals surface area contributed by atoms with Crippen molar-refractivity contribution in [3.63, 3.8) is 0 Å². The summed E-state index contributed by atoms with van der Waals surface area (Å²) in [5.74, 6) is -0.957. The van der Waals surface area contributed by atoms with Crippen LogP contribution in [0.25, 0.3) is 5.65 Å². The molecular weight excluding hydrogens is 260 g/mol. The number of aromatic carboxylic acids is 1. The Morgan fingerprint density at radius 3 is 2.73 bits per heavy atom. The van der Waals surface area contributed by atoms with Gasteiger partial charge in [-0.1, -0.05) is 0 Å². The minimum atomic E-state index is -0.957. The monoisotopic (exact) mass is 268 g/mol. The standard InChI is InChI=1S/C10H9BrN2O2/c1-5-9(10(14)15)13-6(2)7(11)3-4-8(13)12-5/h3-4H,1-2H3,(H,14,15). The van der Waals surface area contributed by atoms with Crippen molar-refractivity contribution < 1.29 is 9.90 Å². The summed E-state index contributed by atoms with van der Waals surface area (Å²) in [6.07, 6.45) is 0. The Hall–Kier alpha value is -1.36. The van der Waals surface area contributed by atoms with E-state index in [4.69, 9.17) is 5.11 Å². The minimum Gasteiger partial charge on any atom is -0.477 e. The van der Waals surface area contributed by atoms with Crippen LogP contribution in [0.15, 0.2) is 16.6 Å². The largest absolute Gasteiger partial charge is 0.477 e. The maximum Gasteiger partial charge on any atom is 0.354 e. The van der Waals surface area contributed by atoms with Gasteiger partial charge in [-0.25, -0.2) is 9.78 Å². The third kappa shape index (κ3) is 1.43. The molecule has 0 unspecified atom stereocenters. The average molecular weight is 269 g/mol. The molecule has 0 amide bonds. The summed E-state index contributed by atoms with van der Waals surface area (Å²) in [6.45, 7) is 3.55. The number of fused-ring (bicyclic) bond motifs is 1. The van der Waals surface area contributed by atoms with Crippen LogP contribution in [-0.4, -0.2) is 20.5 Å². The third-order valence-corrected chi connectivity index (χ3v) is 3.18. The number of rotatable bonds is 1. The van der Waals surface area contributed by atoms with Gasteiger partial charge < -0.3 is 5.11 Å². The SMILES string of the molecule is Cc1nc2ccc(Br)c(C)n2c1C(=O)O. The van der Waals surface area contributed by atoms with Gasteiger partial charge in [0.15, 0.2) is 5.69 Å². The first-order chi connectivity index (χ1) is 7.02. The molecule has 0 atom stereocenters. The number of halogens is 1. The number of hydrogen-bond acceptors (Lipinski definition) is 2. The van der Waals surface area contributed by atoms with Gasteiger partial charge in [-0.15, -0.1) is 0 Å². The van der Waals surface area contributed by atoms with E-state index in [1.54, 1.807) is 17.4 Å². The van der Waals surface area contributed by atoms with Gasteiger partial charge in [-0.05, 0) is 41.9 Å². The van der Waals surface area contributed by atoms with Crippen molar-refractivity contribution in [1.29, 1.82) is 0 Å². The smallest absolute Gasteiger partial charge is 0.354 e.